The van der Waals surface area contributed by atoms with E-state index in [0.29, 0.717) is 13.0 Å². The average molecular weight is 533 g/mol. The first kappa shape index (κ1) is 25.8. The molecule has 0 aromatic heterocycles. The maximum atomic E-state index is 13.9. The van der Waals surface area contributed by atoms with Crippen molar-refractivity contribution in [3.8, 4) is 0 Å². The van der Waals surface area contributed by atoms with E-state index in [1.165, 1.54) is 0 Å². The van der Waals surface area contributed by atoms with E-state index in [2.05, 4.69) is 33.5 Å². The van der Waals surface area contributed by atoms with Crippen LogP contribution in [-0.2, 0) is 14.4 Å². The van der Waals surface area contributed by atoms with Gasteiger partial charge in [-0.25, -0.2) is 0 Å². The predicted octanol–water partition coefficient (Wildman–Crippen LogP) is 2.30. The highest BCUT2D eigenvalue weighted by Crippen LogP contribution is 2.68. The Morgan fingerprint density at radius 2 is 1.94 bits per heavy atom. The zero-order valence-corrected chi connectivity index (χ0v) is 22.2. The van der Waals surface area contributed by atoms with Crippen LogP contribution in [0.4, 0.5) is 0 Å². The van der Waals surface area contributed by atoms with Gasteiger partial charge in [-0.15, -0.1) is 11.8 Å². The molecule has 3 heterocycles. The van der Waals surface area contributed by atoms with Crippen LogP contribution in [0.2, 0.25) is 0 Å². The molecule has 3 N–H and O–H groups in total. The lowest BCUT2D eigenvalue weighted by Gasteiger charge is -2.39. The molecule has 7 nitrogen and oxygen atoms in total. The Morgan fingerprint density at radius 3 is 2.50 bits per heavy atom. The molecule has 0 saturated carbocycles. The van der Waals surface area contributed by atoms with Gasteiger partial charge in [-0.05, 0) is 32.1 Å². The lowest BCUT2D eigenvalue weighted by atomic mass is 9.70. The van der Waals surface area contributed by atoms with E-state index in [1.807, 2.05) is 27.7 Å². The quantitative estimate of drug-likeness (QED) is 0.375. The molecule has 32 heavy (non-hydrogen) atoms. The van der Waals surface area contributed by atoms with E-state index in [4.69, 9.17) is 0 Å². The van der Waals surface area contributed by atoms with Gasteiger partial charge in [-0.3, -0.25) is 14.4 Å². The minimum Gasteiger partial charge on any atom is -0.394 e. The van der Waals surface area contributed by atoms with Gasteiger partial charge in [0.2, 0.25) is 17.7 Å². The van der Waals surface area contributed by atoms with Crippen LogP contribution in [0.3, 0.4) is 0 Å². The van der Waals surface area contributed by atoms with Crippen LogP contribution in [0.1, 0.15) is 60.3 Å². The van der Waals surface area contributed by atoms with Crippen LogP contribution in [0, 0.1) is 17.8 Å². The Labute approximate surface area is 204 Å². The van der Waals surface area contributed by atoms with E-state index in [1.54, 1.807) is 16.7 Å². The molecule has 0 radical (unpaired) electrons. The molecule has 0 aromatic carbocycles. The molecule has 4 unspecified atom stereocenters. The lowest BCUT2D eigenvalue weighted by molar-refractivity contribution is -0.143. The van der Waals surface area contributed by atoms with Crippen molar-refractivity contribution in [1.29, 1.82) is 0 Å². The Balaban J connectivity index is 2.04. The first-order valence-corrected chi connectivity index (χ1v) is 13.8. The molecule has 0 aliphatic carbocycles. The van der Waals surface area contributed by atoms with Crippen LogP contribution in [0.25, 0.3) is 0 Å². The molecule has 3 saturated heterocycles. The summed E-state index contributed by atoms with van der Waals surface area (Å²) in [5.41, 5.74) is 0. The number of alkyl halides is 1. The third kappa shape index (κ3) is 4.22. The molecular formula is C23H38BrN3O4S. The van der Waals surface area contributed by atoms with Crippen molar-refractivity contribution in [1.82, 2.24) is 15.5 Å². The molecule has 3 amide bonds. The summed E-state index contributed by atoms with van der Waals surface area (Å²) in [5, 5.41) is 16.3. The maximum Gasteiger partial charge on any atom is 0.244 e. The van der Waals surface area contributed by atoms with E-state index >= 15 is 0 Å². The number of nitrogens with zero attached hydrogens (tertiary/aromatic N) is 1. The Bertz CT molecular complexity index is 738. The van der Waals surface area contributed by atoms with E-state index in [9.17, 15) is 19.5 Å². The number of aliphatic hydroxyl groups excluding tert-OH is 1. The highest BCUT2D eigenvalue weighted by molar-refractivity contribution is 9.09. The van der Waals surface area contributed by atoms with Gasteiger partial charge >= 0.3 is 0 Å². The number of hydrogen-bond acceptors (Lipinski definition) is 5. The van der Waals surface area contributed by atoms with Crippen molar-refractivity contribution in [3.05, 3.63) is 0 Å². The number of carbonyl (C=O) groups excluding carboxylic acids is 3. The summed E-state index contributed by atoms with van der Waals surface area (Å²) < 4.78 is -0.664. The molecular weight excluding hydrogens is 494 g/mol. The normalized spacial score (nSPS) is 35.2. The number of rotatable bonds is 10. The lowest BCUT2D eigenvalue weighted by Crippen LogP contribution is -2.59. The fourth-order valence-corrected chi connectivity index (χ4v) is 9.44. The third-order valence-electron chi connectivity index (χ3n) is 7.25. The number of nitrogens with one attached hydrogen (secondary N) is 2. The average Bonchev–Trinajstić information content (AvgIpc) is 3.30. The molecule has 0 aromatic rings. The summed E-state index contributed by atoms with van der Waals surface area (Å²) in [7, 11) is 0. The SMILES string of the molecule is CCCNC(=O)[C@H]1[C@H]2C(=O)N([C@@H](CO)C(C)C)C(C(=O)NC(C)CCC)C23CC(Br)[C@@H]1S3. The number of likely N-dealkylation sites (tertiary alicyclic amines) is 1. The second-order valence-electron chi connectivity index (χ2n) is 9.89. The number of fused-ring (bicyclic) bond motifs is 1. The second-order valence-corrected chi connectivity index (χ2v) is 12.6. The Morgan fingerprint density at radius 1 is 1.25 bits per heavy atom. The maximum absolute atomic E-state index is 13.9. The van der Waals surface area contributed by atoms with Gasteiger partial charge in [0.1, 0.15) is 6.04 Å². The summed E-state index contributed by atoms with van der Waals surface area (Å²) in [6.45, 7) is 10.3. The van der Waals surface area contributed by atoms with Crippen LogP contribution in [0.15, 0.2) is 0 Å². The number of aliphatic hydroxyl groups is 1. The predicted molar refractivity (Wildman–Crippen MR) is 131 cm³/mol. The molecule has 182 valence electrons. The number of carbonyl (C=O) groups is 3. The standard InChI is InChI=1S/C23H38BrN3O4S/c1-6-8-13(5)26-21(30)19-23-10-14(24)18(32-23)16(20(29)25-9-7-2)17(23)22(31)27(19)15(11-28)12(3)4/h12-19,28H,6-11H2,1-5H3,(H,25,29)(H,26,30)/t13?,14?,15-,16-,17-,18-,19?,23?/m0/s1. The number of thioether (sulfide) groups is 1. The summed E-state index contributed by atoms with van der Waals surface area (Å²) in [6, 6.07) is -1.16. The van der Waals surface area contributed by atoms with Crippen molar-refractivity contribution in [2.45, 2.75) is 93.3 Å². The highest BCUT2D eigenvalue weighted by Gasteiger charge is 2.76. The van der Waals surface area contributed by atoms with E-state index < -0.39 is 28.7 Å². The van der Waals surface area contributed by atoms with Crippen LogP contribution in [-0.4, -0.2) is 73.8 Å². The van der Waals surface area contributed by atoms with Crippen LogP contribution in [0.5, 0.6) is 0 Å². The molecule has 1 spiro atoms. The smallest absolute Gasteiger partial charge is 0.244 e. The molecule has 3 rings (SSSR count). The van der Waals surface area contributed by atoms with Crippen molar-refractivity contribution in [2.75, 3.05) is 13.2 Å². The monoisotopic (exact) mass is 531 g/mol. The highest BCUT2D eigenvalue weighted by atomic mass is 79.9. The zero-order chi connectivity index (χ0) is 23.8. The fraction of sp³-hybridized carbons (Fsp3) is 0.870. The van der Waals surface area contributed by atoms with Crippen molar-refractivity contribution in [2.24, 2.45) is 17.8 Å². The summed E-state index contributed by atoms with van der Waals surface area (Å²) in [4.78, 5) is 42.5. The van der Waals surface area contributed by atoms with E-state index in [-0.39, 0.29) is 46.4 Å². The van der Waals surface area contributed by atoms with Crippen molar-refractivity contribution in [3.63, 3.8) is 0 Å². The van der Waals surface area contributed by atoms with Crippen molar-refractivity contribution >= 4 is 45.4 Å². The third-order valence-corrected chi connectivity index (χ3v) is 10.5. The number of halogens is 1. The van der Waals surface area contributed by atoms with Gasteiger partial charge in [0.15, 0.2) is 0 Å². The van der Waals surface area contributed by atoms with Gasteiger partial charge in [0, 0.05) is 22.7 Å². The molecule has 2 bridgehead atoms. The van der Waals surface area contributed by atoms with Crippen LogP contribution >= 0.6 is 27.7 Å². The first-order chi connectivity index (χ1) is 15.1. The second kappa shape index (κ2) is 10.2. The topological polar surface area (TPSA) is 98.7 Å². The Kier molecular flexibility index (Phi) is 8.24. The van der Waals surface area contributed by atoms with Gasteiger partial charge < -0.3 is 20.6 Å². The molecule has 3 aliphatic heterocycles. The largest absolute Gasteiger partial charge is 0.394 e. The van der Waals surface area contributed by atoms with E-state index in [0.717, 1.165) is 19.3 Å². The Hall–Kier alpha value is -0.800. The summed E-state index contributed by atoms with van der Waals surface area (Å²) >= 11 is 5.41. The fourth-order valence-electron chi connectivity index (χ4n) is 5.84. The molecule has 9 heteroatoms. The van der Waals surface area contributed by atoms with Crippen molar-refractivity contribution < 1.29 is 19.5 Å². The number of amides is 3. The summed E-state index contributed by atoms with van der Waals surface area (Å²) in [6.07, 6.45) is 3.29. The number of hydrogen-bond donors (Lipinski definition) is 3. The van der Waals surface area contributed by atoms with Gasteiger partial charge in [0.05, 0.1) is 29.2 Å². The first-order valence-electron chi connectivity index (χ1n) is 12.0. The molecule has 3 aliphatic rings. The van der Waals surface area contributed by atoms with Gasteiger partial charge in [-0.2, -0.15) is 0 Å². The zero-order valence-electron chi connectivity index (χ0n) is 19.8. The van der Waals surface area contributed by atoms with Crippen LogP contribution < -0.4 is 10.6 Å². The van der Waals surface area contributed by atoms with Gasteiger partial charge in [-0.1, -0.05) is 50.0 Å². The minimum absolute atomic E-state index is 0.00134. The van der Waals surface area contributed by atoms with Gasteiger partial charge in [0.25, 0.3) is 0 Å². The minimum atomic E-state index is -0.696. The molecule has 3 fully saturated rings. The molecule has 8 atom stereocenters. The summed E-state index contributed by atoms with van der Waals surface area (Å²) in [5.74, 6) is -1.46.